The largest absolute Gasteiger partial charge is 0.325 e. The molecule has 0 saturated carbocycles. The van der Waals surface area contributed by atoms with Crippen molar-refractivity contribution in [2.75, 3.05) is 22.1 Å². The van der Waals surface area contributed by atoms with Gasteiger partial charge in [0.25, 0.3) is 0 Å². The molecule has 4 rings (SSSR count). The summed E-state index contributed by atoms with van der Waals surface area (Å²) in [7, 11) is 0. The lowest BCUT2D eigenvalue weighted by atomic mass is 10.1. The maximum atomic E-state index is 12.3. The van der Waals surface area contributed by atoms with E-state index in [0.717, 1.165) is 15.5 Å². The van der Waals surface area contributed by atoms with Gasteiger partial charge in [0.2, 0.25) is 11.8 Å². The van der Waals surface area contributed by atoms with E-state index < -0.39 is 0 Å². The molecular weight excluding hydrogens is 364 g/mol. The van der Waals surface area contributed by atoms with Crippen molar-refractivity contribution in [1.82, 2.24) is 0 Å². The van der Waals surface area contributed by atoms with Gasteiger partial charge in [-0.05, 0) is 41.1 Å². The van der Waals surface area contributed by atoms with E-state index in [1.54, 1.807) is 6.07 Å². The van der Waals surface area contributed by atoms with Crippen LogP contribution in [0.2, 0.25) is 0 Å². The molecule has 0 spiro atoms. The highest BCUT2D eigenvalue weighted by Gasteiger charge is 2.16. The van der Waals surface area contributed by atoms with E-state index in [-0.39, 0.29) is 11.8 Å². The fourth-order valence-electron chi connectivity index (χ4n) is 2.76. The first-order valence-corrected chi connectivity index (χ1v) is 10.1. The Balaban J connectivity index is 1.39. The molecule has 0 fully saturated rings. The molecule has 3 aromatic rings. The molecule has 0 bridgehead atoms. The summed E-state index contributed by atoms with van der Waals surface area (Å²) in [4.78, 5) is 25.8. The SMILES string of the molecule is O=C(CSc1ccc2ccccc2c1)Nc1ccc2c(c1)NC(=O)CS2. The molecule has 1 heterocycles. The number of nitrogens with one attached hydrogen (secondary N) is 2. The Hall–Kier alpha value is -2.44. The van der Waals surface area contributed by atoms with E-state index in [9.17, 15) is 9.59 Å². The lowest BCUT2D eigenvalue weighted by Gasteiger charge is -2.17. The van der Waals surface area contributed by atoms with Gasteiger partial charge >= 0.3 is 0 Å². The van der Waals surface area contributed by atoms with E-state index in [2.05, 4.69) is 34.9 Å². The molecule has 1 aliphatic rings. The highest BCUT2D eigenvalue weighted by atomic mass is 32.2. The van der Waals surface area contributed by atoms with E-state index in [1.165, 1.54) is 34.3 Å². The molecule has 0 saturated heterocycles. The molecule has 6 heteroatoms. The zero-order valence-electron chi connectivity index (χ0n) is 13.8. The van der Waals surface area contributed by atoms with Crippen molar-refractivity contribution in [3.63, 3.8) is 0 Å². The standard InChI is InChI=1S/C20H16N2O2S2/c23-19(11-25-16-7-5-13-3-1-2-4-14(13)9-16)21-15-6-8-18-17(10-15)22-20(24)12-26-18/h1-10H,11-12H2,(H,21,23)(H,22,24). The number of hydrogen-bond donors (Lipinski definition) is 2. The minimum Gasteiger partial charge on any atom is -0.325 e. The second kappa shape index (κ2) is 7.43. The van der Waals surface area contributed by atoms with Crippen LogP contribution in [0.1, 0.15) is 0 Å². The Morgan fingerprint density at radius 1 is 1.08 bits per heavy atom. The third kappa shape index (κ3) is 3.86. The Morgan fingerprint density at radius 3 is 2.81 bits per heavy atom. The molecule has 1 aliphatic heterocycles. The second-order valence-corrected chi connectivity index (χ2v) is 7.96. The average molecular weight is 380 g/mol. The van der Waals surface area contributed by atoms with Crippen molar-refractivity contribution in [2.45, 2.75) is 9.79 Å². The Labute approximate surface area is 159 Å². The van der Waals surface area contributed by atoms with Gasteiger partial charge in [0.15, 0.2) is 0 Å². The lowest BCUT2D eigenvalue weighted by molar-refractivity contribution is -0.114. The number of fused-ring (bicyclic) bond motifs is 2. The minimum atomic E-state index is -0.0714. The predicted octanol–water partition coefficient (Wildman–Crippen LogP) is 4.61. The normalized spacial score (nSPS) is 13.2. The zero-order valence-corrected chi connectivity index (χ0v) is 15.5. The molecule has 0 unspecified atom stereocenters. The highest BCUT2D eigenvalue weighted by molar-refractivity contribution is 8.00. The zero-order chi connectivity index (χ0) is 17.9. The fraction of sp³-hybridized carbons (Fsp3) is 0.100. The Bertz CT molecular complexity index is 1000. The minimum absolute atomic E-state index is 0.0159. The number of amides is 2. The Kier molecular flexibility index (Phi) is 4.86. The van der Waals surface area contributed by atoms with Gasteiger partial charge in [0, 0.05) is 15.5 Å². The first-order valence-electron chi connectivity index (χ1n) is 8.15. The first-order chi connectivity index (χ1) is 12.7. The van der Waals surface area contributed by atoms with Crippen molar-refractivity contribution in [3.8, 4) is 0 Å². The molecule has 4 nitrogen and oxygen atoms in total. The van der Waals surface area contributed by atoms with E-state index in [1.807, 2.05) is 30.3 Å². The van der Waals surface area contributed by atoms with Crippen LogP contribution in [-0.2, 0) is 9.59 Å². The number of carbonyl (C=O) groups excluding carboxylic acids is 2. The van der Waals surface area contributed by atoms with E-state index in [4.69, 9.17) is 0 Å². The van der Waals surface area contributed by atoms with Gasteiger partial charge in [0.05, 0.1) is 17.2 Å². The number of hydrogen-bond acceptors (Lipinski definition) is 4. The maximum Gasteiger partial charge on any atom is 0.234 e. The second-order valence-electron chi connectivity index (χ2n) is 5.89. The van der Waals surface area contributed by atoms with E-state index >= 15 is 0 Å². The number of anilines is 2. The molecular formula is C20H16N2O2S2. The van der Waals surface area contributed by atoms with E-state index in [0.29, 0.717) is 17.2 Å². The molecule has 2 N–H and O–H groups in total. The molecule has 0 aliphatic carbocycles. The van der Waals surface area contributed by atoms with Crippen molar-refractivity contribution < 1.29 is 9.59 Å². The third-order valence-electron chi connectivity index (χ3n) is 3.99. The third-order valence-corrected chi connectivity index (χ3v) is 6.05. The number of thioether (sulfide) groups is 2. The smallest absolute Gasteiger partial charge is 0.234 e. The van der Waals surface area contributed by atoms with Crippen molar-refractivity contribution in [2.24, 2.45) is 0 Å². The number of carbonyl (C=O) groups is 2. The van der Waals surface area contributed by atoms with Gasteiger partial charge in [-0.1, -0.05) is 30.3 Å². The summed E-state index contributed by atoms with van der Waals surface area (Å²) in [5.41, 5.74) is 1.45. The van der Waals surface area contributed by atoms with Gasteiger partial charge in [-0.2, -0.15) is 0 Å². The first kappa shape index (κ1) is 17.0. The number of rotatable bonds is 4. The molecule has 0 radical (unpaired) electrons. The molecule has 26 heavy (non-hydrogen) atoms. The summed E-state index contributed by atoms with van der Waals surface area (Å²) in [5.74, 6) is 0.674. The highest BCUT2D eigenvalue weighted by Crippen LogP contribution is 2.33. The molecule has 0 aromatic heterocycles. The van der Waals surface area contributed by atoms with Crippen LogP contribution in [0, 0.1) is 0 Å². The summed E-state index contributed by atoms with van der Waals surface area (Å²) < 4.78 is 0. The Morgan fingerprint density at radius 2 is 1.92 bits per heavy atom. The van der Waals surface area contributed by atoms with Crippen LogP contribution in [0.3, 0.4) is 0 Å². The molecule has 2 amide bonds. The van der Waals surface area contributed by atoms with Gasteiger partial charge in [-0.15, -0.1) is 23.5 Å². The fourth-order valence-corrected chi connectivity index (χ4v) is 4.30. The van der Waals surface area contributed by atoms with Crippen LogP contribution in [0.5, 0.6) is 0 Å². The lowest BCUT2D eigenvalue weighted by Crippen LogP contribution is -2.19. The summed E-state index contributed by atoms with van der Waals surface area (Å²) in [6.07, 6.45) is 0. The quantitative estimate of drug-likeness (QED) is 0.649. The summed E-state index contributed by atoms with van der Waals surface area (Å²) in [5, 5.41) is 8.08. The predicted molar refractivity (Wildman–Crippen MR) is 109 cm³/mol. The van der Waals surface area contributed by atoms with Crippen molar-refractivity contribution in [1.29, 1.82) is 0 Å². The molecule has 130 valence electrons. The summed E-state index contributed by atoms with van der Waals surface area (Å²) in [6, 6.07) is 20.0. The topological polar surface area (TPSA) is 58.2 Å². The monoisotopic (exact) mass is 380 g/mol. The average Bonchev–Trinajstić information content (AvgIpc) is 2.66. The van der Waals surface area contributed by atoms with Crippen LogP contribution in [0.25, 0.3) is 10.8 Å². The van der Waals surface area contributed by atoms with Gasteiger partial charge in [-0.3, -0.25) is 9.59 Å². The van der Waals surface area contributed by atoms with Gasteiger partial charge in [0.1, 0.15) is 0 Å². The molecule has 0 atom stereocenters. The van der Waals surface area contributed by atoms with Crippen LogP contribution < -0.4 is 10.6 Å². The summed E-state index contributed by atoms with van der Waals surface area (Å²) in [6.45, 7) is 0. The van der Waals surface area contributed by atoms with Gasteiger partial charge < -0.3 is 10.6 Å². The molecule has 3 aromatic carbocycles. The van der Waals surface area contributed by atoms with Gasteiger partial charge in [-0.25, -0.2) is 0 Å². The van der Waals surface area contributed by atoms with Crippen LogP contribution in [-0.4, -0.2) is 23.3 Å². The van der Waals surface area contributed by atoms with Crippen LogP contribution >= 0.6 is 23.5 Å². The van der Waals surface area contributed by atoms with Crippen LogP contribution in [0.15, 0.2) is 70.5 Å². The van der Waals surface area contributed by atoms with Crippen molar-refractivity contribution >= 4 is 57.5 Å². The van der Waals surface area contributed by atoms with Crippen molar-refractivity contribution in [3.05, 3.63) is 60.7 Å². The maximum absolute atomic E-state index is 12.3. The summed E-state index contributed by atoms with van der Waals surface area (Å²) >= 11 is 3.01. The van der Waals surface area contributed by atoms with Crippen LogP contribution in [0.4, 0.5) is 11.4 Å². The number of benzene rings is 3.